The zero-order valence-corrected chi connectivity index (χ0v) is 7.57. The number of nitrogens with two attached hydrogens (primary N) is 1. The second kappa shape index (κ2) is 3.06. The van der Waals surface area contributed by atoms with E-state index in [4.69, 9.17) is 5.73 Å². The Labute approximate surface area is 75.9 Å². The lowest BCUT2D eigenvalue weighted by molar-refractivity contribution is 0.252. The number of fused-ring (bicyclic) bond motifs is 1. The number of hydrogen-bond acceptors (Lipinski definition) is 3. The van der Waals surface area contributed by atoms with Gasteiger partial charge in [0.15, 0.2) is 17.8 Å². The highest BCUT2D eigenvalue weighted by Crippen LogP contribution is 2.26. The molecule has 2 heterocycles. The molecule has 72 valence electrons. The Bertz CT molecular complexity index is 307. The lowest BCUT2D eigenvalue weighted by Crippen LogP contribution is -2.14. The van der Waals surface area contributed by atoms with E-state index in [1.54, 1.807) is 11.6 Å². The second-order valence-corrected chi connectivity index (χ2v) is 3.45. The lowest BCUT2D eigenvalue weighted by atomic mass is 10.1. The van der Waals surface area contributed by atoms with Crippen molar-refractivity contribution < 1.29 is 4.39 Å². The minimum atomic E-state index is -0.964. The summed E-state index contributed by atoms with van der Waals surface area (Å²) in [6, 6.07) is -0.217. The van der Waals surface area contributed by atoms with Crippen LogP contribution in [0.3, 0.4) is 0 Å². The molecule has 1 aromatic heterocycles. The molecular formula is C8H13FN4. The lowest BCUT2D eigenvalue weighted by Gasteiger charge is -2.14. The summed E-state index contributed by atoms with van der Waals surface area (Å²) < 4.78 is 14.9. The Kier molecular flexibility index (Phi) is 2.03. The standard InChI is InChI=1S/C8H13FN4/c1-5(10)7-11-8-6(9)3-2-4-13(8)12-7/h5-6H,2-4,10H2,1H3. The zero-order chi connectivity index (χ0) is 9.42. The van der Waals surface area contributed by atoms with E-state index >= 15 is 0 Å². The van der Waals surface area contributed by atoms with Crippen LogP contribution in [-0.4, -0.2) is 14.8 Å². The van der Waals surface area contributed by atoms with Gasteiger partial charge in [0.1, 0.15) is 0 Å². The number of rotatable bonds is 1. The molecular weight excluding hydrogens is 171 g/mol. The molecule has 1 aromatic rings. The molecule has 1 aliphatic heterocycles. The van der Waals surface area contributed by atoms with Gasteiger partial charge < -0.3 is 5.73 Å². The fourth-order valence-electron chi connectivity index (χ4n) is 1.51. The van der Waals surface area contributed by atoms with E-state index in [1.807, 2.05) is 0 Å². The smallest absolute Gasteiger partial charge is 0.167 e. The van der Waals surface area contributed by atoms with Gasteiger partial charge >= 0.3 is 0 Å². The van der Waals surface area contributed by atoms with E-state index in [9.17, 15) is 4.39 Å². The van der Waals surface area contributed by atoms with Crippen LogP contribution in [0.25, 0.3) is 0 Å². The summed E-state index contributed by atoms with van der Waals surface area (Å²) in [5.74, 6) is 0.984. The van der Waals surface area contributed by atoms with E-state index in [-0.39, 0.29) is 6.04 Å². The van der Waals surface area contributed by atoms with Crippen LogP contribution in [0.4, 0.5) is 4.39 Å². The highest BCUT2D eigenvalue weighted by Gasteiger charge is 2.24. The van der Waals surface area contributed by atoms with Gasteiger partial charge in [-0.05, 0) is 19.8 Å². The molecule has 4 nitrogen and oxygen atoms in total. The van der Waals surface area contributed by atoms with Crippen molar-refractivity contribution in [2.45, 2.75) is 38.5 Å². The molecule has 0 bridgehead atoms. The molecule has 1 aliphatic rings. The molecule has 0 saturated heterocycles. The van der Waals surface area contributed by atoms with Crippen LogP contribution < -0.4 is 5.73 Å². The minimum absolute atomic E-state index is 0.217. The summed E-state index contributed by atoms with van der Waals surface area (Å²) in [4.78, 5) is 4.08. The number of aromatic nitrogens is 3. The topological polar surface area (TPSA) is 56.7 Å². The van der Waals surface area contributed by atoms with E-state index in [0.717, 1.165) is 13.0 Å². The highest BCUT2D eigenvalue weighted by atomic mass is 19.1. The van der Waals surface area contributed by atoms with Crippen LogP contribution in [0.5, 0.6) is 0 Å². The van der Waals surface area contributed by atoms with Gasteiger partial charge in [-0.3, -0.25) is 0 Å². The summed E-state index contributed by atoms with van der Waals surface area (Å²) in [6.45, 7) is 2.56. The molecule has 2 rings (SSSR count). The molecule has 0 fully saturated rings. The minimum Gasteiger partial charge on any atom is -0.321 e. The molecule has 2 N–H and O–H groups in total. The molecule has 0 aliphatic carbocycles. The highest BCUT2D eigenvalue weighted by molar-refractivity contribution is 5.01. The summed E-state index contributed by atoms with van der Waals surface area (Å²) in [7, 11) is 0. The average Bonchev–Trinajstić information content (AvgIpc) is 2.49. The van der Waals surface area contributed by atoms with E-state index < -0.39 is 6.17 Å². The number of alkyl halides is 1. The molecule has 5 heteroatoms. The van der Waals surface area contributed by atoms with Crippen molar-refractivity contribution >= 4 is 0 Å². The SMILES string of the molecule is CC(N)c1nc2n(n1)CCCC2F. The predicted molar refractivity (Wildman–Crippen MR) is 45.7 cm³/mol. The molecule has 0 aromatic carbocycles. The summed E-state index contributed by atoms with van der Waals surface area (Å²) in [6.07, 6.45) is 0.418. The van der Waals surface area contributed by atoms with Gasteiger partial charge in [-0.1, -0.05) is 0 Å². The van der Waals surface area contributed by atoms with Crippen LogP contribution >= 0.6 is 0 Å². The third-order valence-electron chi connectivity index (χ3n) is 2.23. The Morgan fingerprint density at radius 3 is 3.08 bits per heavy atom. The van der Waals surface area contributed by atoms with Crippen LogP contribution in [-0.2, 0) is 6.54 Å². The molecule has 2 unspecified atom stereocenters. The van der Waals surface area contributed by atoms with Crippen molar-refractivity contribution in [2.75, 3.05) is 0 Å². The monoisotopic (exact) mass is 184 g/mol. The van der Waals surface area contributed by atoms with Gasteiger partial charge in [-0.25, -0.2) is 14.1 Å². The molecule has 0 radical (unpaired) electrons. The van der Waals surface area contributed by atoms with Crippen LogP contribution in [0.2, 0.25) is 0 Å². The second-order valence-electron chi connectivity index (χ2n) is 3.45. The van der Waals surface area contributed by atoms with Crippen molar-refractivity contribution in [3.63, 3.8) is 0 Å². The Morgan fingerprint density at radius 1 is 1.69 bits per heavy atom. The van der Waals surface area contributed by atoms with Crippen molar-refractivity contribution in [3.8, 4) is 0 Å². The largest absolute Gasteiger partial charge is 0.321 e. The van der Waals surface area contributed by atoms with Crippen molar-refractivity contribution in [3.05, 3.63) is 11.6 Å². The fourth-order valence-corrected chi connectivity index (χ4v) is 1.51. The Morgan fingerprint density at radius 2 is 2.46 bits per heavy atom. The number of hydrogen-bond donors (Lipinski definition) is 1. The fraction of sp³-hybridized carbons (Fsp3) is 0.750. The van der Waals surface area contributed by atoms with E-state index in [2.05, 4.69) is 10.1 Å². The first-order valence-electron chi connectivity index (χ1n) is 4.53. The van der Waals surface area contributed by atoms with Crippen molar-refractivity contribution in [1.29, 1.82) is 0 Å². The van der Waals surface area contributed by atoms with Crippen molar-refractivity contribution in [1.82, 2.24) is 14.8 Å². The maximum atomic E-state index is 13.3. The maximum Gasteiger partial charge on any atom is 0.167 e. The van der Waals surface area contributed by atoms with Gasteiger partial charge in [-0.2, -0.15) is 5.10 Å². The van der Waals surface area contributed by atoms with Gasteiger partial charge in [0, 0.05) is 6.54 Å². The normalized spacial score (nSPS) is 24.1. The third kappa shape index (κ3) is 1.44. The van der Waals surface area contributed by atoms with Crippen molar-refractivity contribution in [2.24, 2.45) is 5.73 Å². The molecule has 2 atom stereocenters. The first kappa shape index (κ1) is 8.62. The zero-order valence-electron chi connectivity index (χ0n) is 7.57. The quantitative estimate of drug-likeness (QED) is 0.711. The molecule has 0 saturated carbocycles. The number of halogens is 1. The maximum absolute atomic E-state index is 13.3. The molecule has 0 spiro atoms. The van der Waals surface area contributed by atoms with Crippen LogP contribution in [0, 0.1) is 0 Å². The summed E-state index contributed by atoms with van der Waals surface area (Å²) in [5.41, 5.74) is 5.61. The summed E-state index contributed by atoms with van der Waals surface area (Å²) in [5, 5.41) is 4.14. The Hall–Kier alpha value is -0.970. The van der Waals surface area contributed by atoms with E-state index in [0.29, 0.717) is 18.1 Å². The first-order valence-corrected chi connectivity index (χ1v) is 4.53. The third-order valence-corrected chi connectivity index (χ3v) is 2.23. The predicted octanol–water partition coefficient (Wildman–Crippen LogP) is 1.10. The van der Waals surface area contributed by atoms with Gasteiger partial charge in [0.2, 0.25) is 0 Å². The van der Waals surface area contributed by atoms with Gasteiger partial charge in [-0.15, -0.1) is 0 Å². The average molecular weight is 184 g/mol. The summed E-state index contributed by atoms with van der Waals surface area (Å²) >= 11 is 0. The van der Waals surface area contributed by atoms with Gasteiger partial charge in [0.25, 0.3) is 0 Å². The molecule has 13 heavy (non-hydrogen) atoms. The first-order chi connectivity index (χ1) is 6.18. The number of nitrogens with zero attached hydrogens (tertiary/aromatic N) is 3. The van der Waals surface area contributed by atoms with Crippen LogP contribution in [0.15, 0.2) is 0 Å². The molecule has 0 amide bonds. The van der Waals surface area contributed by atoms with E-state index in [1.165, 1.54) is 0 Å². The van der Waals surface area contributed by atoms with Crippen LogP contribution in [0.1, 0.15) is 43.6 Å². The number of aryl methyl sites for hydroxylation is 1. The van der Waals surface area contributed by atoms with Gasteiger partial charge in [0.05, 0.1) is 6.04 Å². The Balaban J connectivity index is 2.36.